The topological polar surface area (TPSA) is 187 Å². The van der Waals surface area contributed by atoms with Gasteiger partial charge in [-0.2, -0.15) is 0 Å². The average Bonchev–Trinajstić information content (AvgIpc) is 3.05. The minimum atomic E-state index is -1.62. The molecule has 0 aliphatic rings. The number of carboxylic acid groups (broad SMARTS) is 2. The van der Waals surface area contributed by atoms with Gasteiger partial charge in [0.05, 0.1) is 18.8 Å². The number of carbonyl (C=O) groups excluding carboxylic acids is 2. The molecule has 3 unspecified atom stereocenters. The molecule has 1 aromatic heterocycles. The first-order chi connectivity index (χ1) is 12.6. The number of aliphatic carboxylic acids is 2. The fourth-order valence-corrected chi connectivity index (χ4v) is 2.37. The largest absolute Gasteiger partial charge is 0.481 e. The van der Waals surface area contributed by atoms with Crippen LogP contribution in [-0.2, 0) is 25.6 Å². The van der Waals surface area contributed by atoms with E-state index in [0.717, 1.165) is 0 Å². The van der Waals surface area contributed by atoms with E-state index >= 15 is 0 Å². The number of aromatic amines is 1. The highest BCUT2D eigenvalue weighted by Gasteiger charge is 2.29. The molecule has 0 bridgehead atoms. The SMILES string of the molecule is CC(C)CC(N)C(=O)NC(Cc1cnc[nH]1)C(=O)NC(CC(=O)O)C(=O)O. The second kappa shape index (κ2) is 10.3. The molecule has 0 aliphatic carbocycles. The number of nitrogens with two attached hydrogens (primary N) is 1. The van der Waals surface area contributed by atoms with Crippen molar-refractivity contribution >= 4 is 23.8 Å². The van der Waals surface area contributed by atoms with Gasteiger partial charge in [-0.3, -0.25) is 14.4 Å². The molecular weight excluding hydrogens is 358 g/mol. The molecule has 0 fully saturated rings. The molecule has 1 heterocycles. The number of H-pyrrole nitrogens is 1. The van der Waals surface area contributed by atoms with Crippen LogP contribution >= 0.6 is 0 Å². The van der Waals surface area contributed by atoms with Gasteiger partial charge in [0, 0.05) is 18.3 Å². The first-order valence-corrected chi connectivity index (χ1v) is 8.38. The summed E-state index contributed by atoms with van der Waals surface area (Å²) in [7, 11) is 0. The minimum Gasteiger partial charge on any atom is -0.481 e. The van der Waals surface area contributed by atoms with Crippen LogP contribution in [0.2, 0.25) is 0 Å². The van der Waals surface area contributed by atoms with Gasteiger partial charge in [-0.05, 0) is 12.3 Å². The zero-order valence-electron chi connectivity index (χ0n) is 15.1. The maximum atomic E-state index is 12.5. The zero-order chi connectivity index (χ0) is 20.6. The lowest BCUT2D eigenvalue weighted by Gasteiger charge is -2.22. The van der Waals surface area contributed by atoms with Gasteiger partial charge in [0.25, 0.3) is 0 Å². The number of hydrogen-bond acceptors (Lipinski definition) is 6. The van der Waals surface area contributed by atoms with Crippen LogP contribution in [0.5, 0.6) is 0 Å². The van der Waals surface area contributed by atoms with E-state index < -0.39 is 48.3 Å². The number of carboxylic acids is 2. The summed E-state index contributed by atoms with van der Waals surface area (Å²) in [6.45, 7) is 3.79. The first kappa shape index (κ1) is 22.1. The lowest BCUT2D eigenvalue weighted by molar-refractivity contribution is -0.147. The Bertz CT molecular complexity index is 660. The van der Waals surface area contributed by atoms with Crippen LogP contribution in [0.3, 0.4) is 0 Å². The lowest BCUT2D eigenvalue weighted by Crippen LogP contribution is -2.55. The van der Waals surface area contributed by atoms with Crippen molar-refractivity contribution in [1.82, 2.24) is 20.6 Å². The number of hydrogen-bond donors (Lipinski definition) is 6. The van der Waals surface area contributed by atoms with Gasteiger partial charge in [-0.15, -0.1) is 0 Å². The molecule has 0 saturated carbocycles. The molecule has 0 aromatic carbocycles. The maximum absolute atomic E-state index is 12.5. The quantitative estimate of drug-likeness (QED) is 0.276. The summed E-state index contributed by atoms with van der Waals surface area (Å²) >= 11 is 0. The van der Waals surface area contributed by atoms with Crippen molar-refractivity contribution in [2.24, 2.45) is 11.7 Å². The third kappa shape index (κ3) is 7.86. The van der Waals surface area contributed by atoms with Gasteiger partial charge >= 0.3 is 11.9 Å². The van der Waals surface area contributed by atoms with Crippen LogP contribution in [-0.4, -0.2) is 62.1 Å². The van der Waals surface area contributed by atoms with Crippen molar-refractivity contribution in [2.75, 3.05) is 0 Å². The van der Waals surface area contributed by atoms with E-state index in [0.29, 0.717) is 12.1 Å². The lowest BCUT2D eigenvalue weighted by atomic mass is 10.0. The maximum Gasteiger partial charge on any atom is 0.326 e. The molecule has 0 spiro atoms. The summed E-state index contributed by atoms with van der Waals surface area (Å²) in [5.74, 6) is -4.10. The van der Waals surface area contributed by atoms with Crippen molar-refractivity contribution < 1.29 is 29.4 Å². The number of carbonyl (C=O) groups is 4. The van der Waals surface area contributed by atoms with E-state index in [1.807, 2.05) is 13.8 Å². The highest BCUT2D eigenvalue weighted by molar-refractivity contribution is 5.92. The Balaban J connectivity index is 2.89. The second-order valence-corrected chi connectivity index (χ2v) is 6.58. The van der Waals surface area contributed by atoms with Crippen LogP contribution in [0.4, 0.5) is 0 Å². The van der Waals surface area contributed by atoms with Crippen molar-refractivity contribution in [1.29, 1.82) is 0 Å². The summed E-state index contributed by atoms with van der Waals surface area (Å²) in [4.78, 5) is 53.3. The smallest absolute Gasteiger partial charge is 0.326 e. The molecule has 150 valence electrons. The minimum absolute atomic E-state index is 0.00534. The van der Waals surface area contributed by atoms with Gasteiger partial charge in [-0.25, -0.2) is 9.78 Å². The van der Waals surface area contributed by atoms with E-state index in [-0.39, 0.29) is 12.3 Å². The summed E-state index contributed by atoms with van der Waals surface area (Å²) in [5.41, 5.74) is 6.35. The number of nitrogens with one attached hydrogen (secondary N) is 3. The molecule has 7 N–H and O–H groups in total. The van der Waals surface area contributed by atoms with Gasteiger partial charge in [0.2, 0.25) is 11.8 Å². The fourth-order valence-electron chi connectivity index (χ4n) is 2.37. The number of nitrogens with zero attached hydrogens (tertiary/aromatic N) is 1. The van der Waals surface area contributed by atoms with Crippen LogP contribution in [0.25, 0.3) is 0 Å². The van der Waals surface area contributed by atoms with Crippen LogP contribution in [0.1, 0.15) is 32.4 Å². The zero-order valence-corrected chi connectivity index (χ0v) is 15.1. The Morgan fingerprint density at radius 3 is 2.26 bits per heavy atom. The van der Waals surface area contributed by atoms with Gasteiger partial charge in [0.15, 0.2) is 0 Å². The number of imidazole rings is 1. The normalized spacial score (nSPS) is 14.2. The average molecular weight is 383 g/mol. The third-order valence-corrected chi connectivity index (χ3v) is 3.67. The molecule has 11 heteroatoms. The Morgan fingerprint density at radius 1 is 1.15 bits per heavy atom. The molecule has 0 saturated heterocycles. The Morgan fingerprint density at radius 2 is 1.78 bits per heavy atom. The van der Waals surface area contributed by atoms with E-state index in [1.165, 1.54) is 12.5 Å². The summed E-state index contributed by atoms with van der Waals surface area (Å²) < 4.78 is 0. The molecule has 27 heavy (non-hydrogen) atoms. The van der Waals surface area contributed by atoms with Crippen molar-refractivity contribution in [3.8, 4) is 0 Å². The highest BCUT2D eigenvalue weighted by Crippen LogP contribution is 2.05. The predicted octanol–water partition coefficient (Wildman–Crippen LogP) is -1.15. The molecular formula is C16H25N5O6. The van der Waals surface area contributed by atoms with Gasteiger partial charge in [0.1, 0.15) is 12.1 Å². The van der Waals surface area contributed by atoms with Gasteiger partial charge < -0.3 is 31.6 Å². The van der Waals surface area contributed by atoms with E-state index in [1.54, 1.807) is 0 Å². The van der Waals surface area contributed by atoms with Crippen molar-refractivity contribution in [3.63, 3.8) is 0 Å². The fraction of sp³-hybridized carbons (Fsp3) is 0.562. The summed E-state index contributed by atoms with van der Waals surface area (Å²) in [5, 5.41) is 22.5. The van der Waals surface area contributed by atoms with E-state index in [4.69, 9.17) is 15.9 Å². The van der Waals surface area contributed by atoms with Crippen molar-refractivity contribution in [3.05, 3.63) is 18.2 Å². The Hall–Kier alpha value is -2.95. The van der Waals surface area contributed by atoms with Crippen LogP contribution < -0.4 is 16.4 Å². The van der Waals surface area contributed by atoms with E-state index in [9.17, 15) is 19.2 Å². The molecule has 0 aliphatic heterocycles. The van der Waals surface area contributed by atoms with Crippen molar-refractivity contribution in [2.45, 2.75) is 51.2 Å². The number of amides is 2. The Kier molecular flexibility index (Phi) is 8.39. The third-order valence-electron chi connectivity index (χ3n) is 3.67. The first-order valence-electron chi connectivity index (χ1n) is 8.38. The monoisotopic (exact) mass is 383 g/mol. The number of aromatic nitrogens is 2. The summed E-state index contributed by atoms with van der Waals surface area (Å²) in [6, 6.07) is -3.61. The number of rotatable bonds is 11. The summed E-state index contributed by atoms with van der Waals surface area (Å²) in [6.07, 6.45) is 2.46. The predicted molar refractivity (Wildman–Crippen MR) is 93.5 cm³/mol. The second-order valence-electron chi connectivity index (χ2n) is 6.58. The molecule has 2 amide bonds. The highest BCUT2D eigenvalue weighted by atomic mass is 16.4. The van der Waals surface area contributed by atoms with Crippen LogP contribution in [0, 0.1) is 5.92 Å². The van der Waals surface area contributed by atoms with E-state index in [2.05, 4.69) is 20.6 Å². The van der Waals surface area contributed by atoms with Crippen LogP contribution in [0.15, 0.2) is 12.5 Å². The molecule has 11 nitrogen and oxygen atoms in total. The molecule has 1 aromatic rings. The standard InChI is InChI=1S/C16H25N5O6/c1-8(2)3-10(17)14(24)20-11(4-9-6-18-7-19-9)15(25)21-12(16(26)27)5-13(22)23/h6-8,10-12H,3-5,17H2,1-2H3,(H,18,19)(H,20,24)(H,21,25)(H,22,23)(H,26,27). The molecule has 0 radical (unpaired) electrons. The Labute approximate surface area is 155 Å². The van der Waals surface area contributed by atoms with Gasteiger partial charge in [-0.1, -0.05) is 13.8 Å². The molecule has 1 rings (SSSR count). The molecule has 3 atom stereocenters.